The van der Waals surface area contributed by atoms with Gasteiger partial charge in [0.15, 0.2) is 0 Å². The van der Waals surface area contributed by atoms with Crippen molar-refractivity contribution in [1.29, 1.82) is 0 Å². The summed E-state index contributed by atoms with van der Waals surface area (Å²) in [5.74, 6) is -0.177. The SMILES string of the molecule is COC(=O)[C@@H](C)CCCCNC(=O)[C@@H](C)CCCCNC(=O)[C@@H](C)CCCCNC(=O)[C@@H](C)CCCCN. The number of carbonyl (C=O) groups excluding carboxylic acids is 4. The lowest BCUT2D eigenvalue weighted by Crippen LogP contribution is -2.31. The minimum absolute atomic E-state index is 0.0167. The zero-order chi connectivity index (χ0) is 28.8. The van der Waals surface area contributed by atoms with Crippen molar-refractivity contribution in [2.24, 2.45) is 29.4 Å². The quantitative estimate of drug-likeness (QED) is 0.115. The van der Waals surface area contributed by atoms with Crippen LogP contribution >= 0.6 is 0 Å². The molecule has 222 valence electrons. The fraction of sp³-hybridized carbons (Fsp3) is 0.862. The van der Waals surface area contributed by atoms with E-state index in [2.05, 4.69) is 16.0 Å². The van der Waals surface area contributed by atoms with Crippen LogP contribution in [0.15, 0.2) is 0 Å². The van der Waals surface area contributed by atoms with Gasteiger partial charge in [0, 0.05) is 37.4 Å². The third-order valence-corrected chi connectivity index (χ3v) is 7.13. The van der Waals surface area contributed by atoms with Crippen molar-refractivity contribution in [2.45, 2.75) is 105 Å². The molecule has 5 N–H and O–H groups in total. The number of amides is 3. The van der Waals surface area contributed by atoms with Gasteiger partial charge in [0.1, 0.15) is 0 Å². The first-order valence-electron chi connectivity index (χ1n) is 14.7. The van der Waals surface area contributed by atoms with Crippen LogP contribution < -0.4 is 21.7 Å². The maximum Gasteiger partial charge on any atom is 0.308 e. The van der Waals surface area contributed by atoms with Gasteiger partial charge in [-0.15, -0.1) is 0 Å². The molecule has 38 heavy (non-hydrogen) atoms. The Balaban J connectivity index is 3.78. The van der Waals surface area contributed by atoms with Crippen molar-refractivity contribution < 1.29 is 23.9 Å². The Morgan fingerprint density at radius 1 is 0.553 bits per heavy atom. The van der Waals surface area contributed by atoms with E-state index in [9.17, 15) is 19.2 Å². The molecule has 0 rings (SSSR count). The number of hydrogen-bond acceptors (Lipinski definition) is 6. The first kappa shape index (κ1) is 35.8. The average Bonchev–Trinajstić information content (AvgIpc) is 2.91. The zero-order valence-corrected chi connectivity index (χ0v) is 24.7. The molecule has 0 fully saturated rings. The number of rotatable bonds is 23. The summed E-state index contributed by atoms with van der Waals surface area (Å²) in [6, 6.07) is 0. The van der Waals surface area contributed by atoms with Crippen LogP contribution in [0.2, 0.25) is 0 Å². The van der Waals surface area contributed by atoms with Gasteiger partial charge in [-0.3, -0.25) is 19.2 Å². The van der Waals surface area contributed by atoms with E-state index in [0.29, 0.717) is 26.2 Å². The van der Waals surface area contributed by atoms with Crippen LogP contribution in [0.25, 0.3) is 0 Å². The minimum atomic E-state index is -0.189. The number of carbonyl (C=O) groups is 4. The van der Waals surface area contributed by atoms with E-state index >= 15 is 0 Å². The third-order valence-electron chi connectivity index (χ3n) is 7.13. The molecule has 0 saturated carbocycles. The summed E-state index contributed by atoms with van der Waals surface area (Å²) in [7, 11) is 1.40. The number of methoxy groups -OCH3 is 1. The Morgan fingerprint density at radius 2 is 0.868 bits per heavy atom. The lowest BCUT2D eigenvalue weighted by Gasteiger charge is -2.14. The van der Waals surface area contributed by atoms with E-state index in [1.54, 1.807) is 0 Å². The predicted molar refractivity (Wildman–Crippen MR) is 152 cm³/mol. The van der Waals surface area contributed by atoms with Crippen LogP contribution in [-0.2, 0) is 23.9 Å². The maximum absolute atomic E-state index is 12.3. The van der Waals surface area contributed by atoms with E-state index < -0.39 is 0 Å². The number of hydrogen-bond donors (Lipinski definition) is 4. The predicted octanol–water partition coefficient (Wildman–Crippen LogP) is 3.69. The number of nitrogens with two attached hydrogens (primary N) is 1. The van der Waals surface area contributed by atoms with Gasteiger partial charge in [-0.1, -0.05) is 53.4 Å². The molecule has 0 radical (unpaired) electrons. The van der Waals surface area contributed by atoms with Crippen molar-refractivity contribution in [3.63, 3.8) is 0 Å². The second kappa shape index (κ2) is 22.8. The van der Waals surface area contributed by atoms with E-state index in [4.69, 9.17) is 10.5 Å². The smallest absolute Gasteiger partial charge is 0.308 e. The lowest BCUT2D eigenvalue weighted by atomic mass is 10.0. The topological polar surface area (TPSA) is 140 Å². The second-order valence-corrected chi connectivity index (χ2v) is 10.8. The summed E-state index contributed by atoms with van der Waals surface area (Å²) in [5.41, 5.74) is 5.49. The van der Waals surface area contributed by atoms with Crippen LogP contribution in [0.3, 0.4) is 0 Å². The van der Waals surface area contributed by atoms with Gasteiger partial charge in [-0.2, -0.15) is 0 Å². The molecule has 0 heterocycles. The van der Waals surface area contributed by atoms with Crippen LogP contribution in [0.5, 0.6) is 0 Å². The highest BCUT2D eigenvalue weighted by atomic mass is 16.5. The maximum atomic E-state index is 12.3. The fourth-order valence-electron chi connectivity index (χ4n) is 4.19. The summed E-state index contributed by atoms with van der Waals surface area (Å²) in [6.45, 7) is 10.2. The number of nitrogens with one attached hydrogen (secondary N) is 3. The van der Waals surface area contributed by atoms with Gasteiger partial charge >= 0.3 is 5.97 Å². The molecule has 0 aromatic heterocycles. The Bertz CT molecular complexity index is 673. The fourth-order valence-corrected chi connectivity index (χ4v) is 4.19. The van der Waals surface area contributed by atoms with Crippen molar-refractivity contribution >= 4 is 23.7 Å². The first-order chi connectivity index (χ1) is 18.1. The Kier molecular flexibility index (Phi) is 21.5. The minimum Gasteiger partial charge on any atom is -0.469 e. The monoisotopic (exact) mass is 540 g/mol. The second-order valence-electron chi connectivity index (χ2n) is 10.8. The molecule has 0 aliphatic carbocycles. The molecule has 0 unspecified atom stereocenters. The highest BCUT2D eigenvalue weighted by Crippen LogP contribution is 2.12. The summed E-state index contributed by atoms with van der Waals surface area (Å²) in [5, 5.41) is 8.96. The highest BCUT2D eigenvalue weighted by Gasteiger charge is 2.15. The number of ether oxygens (including phenoxy) is 1. The lowest BCUT2D eigenvalue weighted by molar-refractivity contribution is -0.145. The van der Waals surface area contributed by atoms with Crippen molar-refractivity contribution in [1.82, 2.24) is 16.0 Å². The summed E-state index contributed by atoms with van der Waals surface area (Å²) < 4.78 is 4.72. The van der Waals surface area contributed by atoms with E-state index in [1.807, 2.05) is 27.7 Å². The molecule has 0 aromatic rings. The molecule has 0 aromatic carbocycles. The number of unbranched alkanes of at least 4 members (excludes halogenated alkanes) is 4. The molecule has 0 aliphatic rings. The molecular formula is C29H56N4O5. The normalized spacial score (nSPS) is 14.2. The summed E-state index contributed by atoms with van der Waals surface area (Å²) in [6.07, 6.45) is 10.3. The molecule has 9 heteroatoms. The first-order valence-corrected chi connectivity index (χ1v) is 14.7. The molecular weight excluding hydrogens is 484 g/mol. The van der Waals surface area contributed by atoms with E-state index in [0.717, 1.165) is 77.0 Å². The standard InChI is InChI=1S/C29H56N4O5/c1-22(14-6-10-18-30)26(34)31-19-11-7-15-23(2)27(35)32-20-12-8-16-24(3)28(36)33-21-13-9-17-25(4)29(37)38-5/h22-25H,6-21,30H2,1-5H3,(H,31,34)(H,32,35)(H,33,36)/t22-,23-,24-,25-/m0/s1. The molecule has 0 spiro atoms. The van der Waals surface area contributed by atoms with Crippen molar-refractivity contribution in [3.8, 4) is 0 Å². The molecule has 4 atom stereocenters. The highest BCUT2D eigenvalue weighted by molar-refractivity contribution is 5.79. The molecule has 3 amide bonds. The van der Waals surface area contributed by atoms with Gasteiger partial charge in [-0.05, 0) is 57.9 Å². The van der Waals surface area contributed by atoms with Crippen molar-refractivity contribution in [3.05, 3.63) is 0 Å². The van der Waals surface area contributed by atoms with Crippen LogP contribution in [0.4, 0.5) is 0 Å². The van der Waals surface area contributed by atoms with Gasteiger partial charge in [0.25, 0.3) is 0 Å². The van der Waals surface area contributed by atoms with Crippen LogP contribution in [0, 0.1) is 23.7 Å². The Labute approximate surface area is 231 Å². The molecule has 0 saturated heterocycles. The van der Waals surface area contributed by atoms with Crippen LogP contribution in [0.1, 0.15) is 105 Å². The van der Waals surface area contributed by atoms with Gasteiger partial charge in [0.05, 0.1) is 13.0 Å². The molecule has 0 bridgehead atoms. The Morgan fingerprint density at radius 3 is 1.18 bits per heavy atom. The largest absolute Gasteiger partial charge is 0.469 e. The summed E-state index contributed by atoms with van der Waals surface area (Å²) >= 11 is 0. The van der Waals surface area contributed by atoms with E-state index in [1.165, 1.54) is 7.11 Å². The van der Waals surface area contributed by atoms with E-state index in [-0.39, 0.29) is 47.4 Å². The third kappa shape index (κ3) is 18.2. The molecule has 9 nitrogen and oxygen atoms in total. The average molecular weight is 541 g/mol. The van der Waals surface area contributed by atoms with Crippen LogP contribution in [-0.4, -0.2) is 57.0 Å². The van der Waals surface area contributed by atoms with Gasteiger partial charge in [0.2, 0.25) is 17.7 Å². The zero-order valence-electron chi connectivity index (χ0n) is 24.7. The molecule has 0 aliphatic heterocycles. The Hall–Kier alpha value is -2.16. The van der Waals surface area contributed by atoms with Gasteiger partial charge in [-0.25, -0.2) is 0 Å². The van der Waals surface area contributed by atoms with Crippen molar-refractivity contribution in [2.75, 3.05) is 33.3 Å². The van der Waals surface area contributed by atoms with Gasteiger partial charge < -0.3 is 26.4 Å². The number of esters is 1. The summed E-state index contributed by atoms with van der Waals surface area (Å²) in [4.78, 5) is 48.0.